The normalized spacial score (nSPS) is 14.2. The second-order valence-electron chi connectivity index (χ2n) is 5.55. The lowest BCUT2D eigenvalue weighted by Crippen LogP contribution is -2.20. The smallest absolute Gasteiger partial charge is 0.231 e. The minimum Gasteiger partial charge on any atom is -0.454 e. The maximum atomic E-state index is 11.9. The summed E-state index contributed by atoms with van der Waals surface area (Å²) in [5.74, 6) is 1.54. The van der Waals surface area contributed by atoms with Gasteiger partial charge in [0.05, 0.1) is 4.75 Å². The molecule has 0 aromatic heterocycles. The lowest BCUT2D eigenvalue weighted by molar-refractivity contribution is 0.174. The Morgan fingerprint density at radius 1 is 1.13 bits per heavy atom. The van der Waals surface area contributed by atoms with Crippen molar-refractivity contribution in [2.45, 2.75) is 66.6 Å². The van der Waals surface area contributed by atoms with E-state index in [9.17, 15) is 4.21 Å². The number of nitrogens with zero attached hydrogens (tertiary/aromatic N) is 1. The van der Waals surface area contributed by atoms with Gasteiger partial charge in [-0.3, -0.25) is 0 Å². The largest absolute Gasteiger partial charge is 0.454 e. The summed E-state index contributed by atoms with van der Waals surface area (Å²) in [5, 5.41) is 0. The number of ether oxygens (including phenoxy) is 2. The van der Waals surface area contributed by atoms with Crippen molar-refractivity contribution in [3.05, 3.63) is 23.8 Å². The Labute approximate surface area is 143 Å². The van der Waals surface area contributed by atoms with Gasteiger partial charge in [0, 0.05) is 12.1 Å². The minimum absolute atomic E-state index is 0.278. The van der Waals surface area contributed by atoms with Crippen LogP contribution in [0, 0.1) is 0 Å². The number of hydrogen-bond acceptors (Lipinski definition) is 3. The van der Waals surface area contributed by atoms with E-state index in [-0.39, 0.29) is 11.5 Å². The van der Waals surface area contributed by atoms with Gasteiger partial charge >= 0.3 is 0 Å². The average molecular weight is 342 g/mol. The summed E-state index contributed by atoms with van der Waals surface area (Å²) < 4.78 is 26.5. The summed E-state index contributed by atoms with van der Waals surface area (Å²) in [6.45, 7) is 15.9. The van der Waals surface area contributed by atoms with Crippen molar-refractivity contribution < 1.29 is 13.7 Å². The molecular formula is C18H31NO3S. The molecule has 0 bridgehead atoms. The van der Waals surface area contributed by atoms with Gasteiger partial charge in [0.1, 0.15) is 11.0 Å². The lowest BCUT2D eigenvalue weighted by atomic mass is 10.1. The molecular weight excluding hydrogens is 310 g/mol. The zero-order valence-corrected chi connectivity index (χ0v) is 16.5. The monoisotopic (exact) mass is 341 g/mol. The molecule has 0 fully saturated rings. The minimum atomic E-state index is -1.21. The highest BCUT2D eigenvalue weighted by molar-refractivity contribution is 7.85. The Balaban J connectivity index is 0.00000112. The topological polar surface area (TPSA) is 47.9 Å². The lowest BCUT2D eigenvalue weighted by Gasteiger charge is -2.14. The molecule has 1 aliphatic heterocycles. The first-order chi connectivity index (χ1) is 10.9. The van der Waals surface area contributed by atoms with E-state index in [4.69, 9.17) is 9.47 Å². The van der Waals surface area contributed by atoms with E-state index in [1.54, 1.807) is 0 Å². The molecule has 23 heavy (non-hydrogen) atoms. The van der Waals surface area contributed by atoms with E-state index < -0.39 is 11.0 Å². The van der Waals surface area contributed by atoms with E-state index in [1.807, 2.05) is 73.6 Å². The predicted octanol–water partition coefficient (Wildman–Crippen LogP) is 4.93. The fourth-order valence-corrected chi connectivity index (χ4v) is 2.28. The van der Waals surface area contributed by atoms with Crippen molar-refractivity contribution in [3.63, 3.8) is 0 Å². The maximum Gasteiger partial charge on any atom is 0.231 e. The van der Waals surface area contributed by atoms with Gasteiger partial charge in [-0.05, 0) is 45.4 Å². The Morgan fingerprint density at radius 2 is 1.70 bits per heavy atom. The Bertz CT molecular complexity index is 534. The molecule has 0 saturated carbocycles. The van der Waals surface area contributed by atoms with Crippen LogP contribution in [0.1, 0.15) is 61.0 Å². The third-order valence-corrected chi connectivity index (χ3v) is 4.18. The van der Waals surface area contributed by atoms with Gasteiger partial charge in [0.25, 0.3) is 0 Å². The fraction of sp³-hybridized carbons (Fsp3) is 0.611. The van der Waals surface area contributed by atoms with Gasteiger partial charge in [0.2, 0.25) is 6.79 Å². The number of rotatable bonds is 3. The Hall–Kier alpha value is -1.36. The summed E-state index contributed by atoms with van der Waals surface area (Å²) in [6, 6.07) is 5.82. The number of fused-ring (bicyclic) bond motifs is 1. The van der Waals surface area contributed by atoms with Crippen LogP contribution in [0.25, 0.3) is 0 Å². The Morgan fingerprint density at radius 3 is 2.26 bits per heavy atom. The van der Waals surface area contributed by atoms with Crippen LogP contribution in [0.2, 0.25) is 0 Å². The molecule has 0 amide bonds. The summed E-state index contributed by atoms with van der Waals surface area (Å²) in [4.78, 5) is 0. The van der Waals surface area contributed by atoms with Crippen LogP contribution in [0.3, 0.4) is 0 Å². The zero-order chi connectivity index (χ0) is 18.0. The summed E-state index contributed by atoms with van der Waals surface area (Å²) in [7, 11) is -1.21. The first-order valence-electron chi connectivity index (χ1n) is 8.21. The fourth-order valence-electron chi connectivity index (χ4n) is 1.66. The SMILES string of the molecule is C/C(Cc1ccc2c(c1)OCO2)=N\S(=O)C(C)(C)C.CC.CC. The highest BCUT2D eigenvalue weighted by Crippen LogP contribution is 2.32. The molecule has 1 aromatic rings. The van der Waals surface area contributed by atoms with Gasteiger partial charge < -0.3 is 9.47 Å². The molecule has 1 aromatic carbocycles. The van der Waals surface area contributed by atoms with Crippen LogP contribution in [0.15, 0.2) is 22.6 Å². The standard InChI is InChI=1S/C14H19NO3S.2C2H6/c1-10(15-19(16)14(2,3)4)7-11-5-6-12-13(8-11)18-9-17-12;2*1-2/h5-6,8H,7,9H2,1-4H3;2*1-2H3/b15-10+;;. The van der Waals surface area contributed by atoms with E-state index in [2.05, 4.69) is 4.40 Å². The van der Waals surface area contributed by atoms with Crippen molar-refractivity contribution >= 4 is 16.7 Å². The molecule has 0 radical (unpaired) electrons. The molecule has 0 saturated heterocycles. The van der Waals surface area contributed by atoms with Crippen LogP contribution < -0.4 is 9.47 Å². The summed E-state index contributed by atoms with van der Waals surface area (Å²) >= 11 is 0. The van der Waals surface area contributed by atoms with Gasteiger partial charge in [-0.1, -0.05) is 33.8 Å². The summed E-state index contributed by atoms with van der Waals surface area (Å²) in [6.07, 6.45) is 0.665. The zero-order valence-electron chi connectivity index (χ0n) is 15.7. The van der Waals surface area contributed by atoms with E-state index in [0.29, 0.717) is 6.42 Å². The second kappa shape index (κ2) is 10.4. The number of hydrogen-bond donors (Lipinski definition) is 0. The highest BCUT2D eigenvalue weighted by Gasteiger charge is 2.19. The quantitative estimate of drug-likeness (QED) is 0.732. The van der Waals surface area contributed by atoms with Crippen LogP contribution in [-0.4, -0.2) is 21.5 Å². The third-order valence-electron chi connectivity index (χ3n) is 2.66. The molecule has 0 aliphatic carbocycles. The van der Waals surface area contributed by atoms with E-state index in [0.717, 1.165) is 22.8 Å². The predicted molar refractivity (Wildman–Crippen MR) is 100.0 cm³/mol. The molecule has 1 aliphatic rings. The molecule has 5 heteroatoms. The van der Waals surface area contributed by atoms with Crippen molar-refractivity contribution in [1.29, 1.82) is 0 Å². The van der Waals surface area contributed by atoms with Crippen molar-refractivity contribution in [1.82, 2.24) is 0 Å². The van der Waals surface area contributed by atoms with Crippen LogP contribution >= 0.6 is 0 Å². The molecule has 1 heterocycles. The highest BCUT2D eigenvalue weighted by atomic mass is 32.2. The van der Waals surface area contributed by atoms with Crippen LogP contribution in [0.5, 0.6) is 11.5 Å². The van der Waals surface area contributed by atoms with E-state index >= 15 is 0 Å². The molecule has 132 valence electrons. The molecule has 2 rings (SSSR count). The van der Waals surface area contributed by atoms with Gasteiger partial charge in [-0.25, -0.2) is 4.21 Å². The summed E-state index contributed by atoms with van der Waals surface area (Å²) in [5.41, 5.74) is 1.93. The molecule has 0 spiro atoms. The molecule has 1 unspecified atom stereocenters. The van der Waals surface area contributed by atoms with Gasteiger partial charge in [-0.2, -0.15) is 4.40 Å². The molecule has 1 atom stereocenters. The molecule has 0 N–H and O–H groups in total. The van der Waals surface area contributed by atoms with Gasteiger partial charge in [0.15, 0.2) is 11.5 Å². The first-order valence-corrected chi connectivity index (χ1v) is 9.31. The Kier molecular flexibility index (Phi) is 9.80. The second-order valence-corrected chi connectivity index (χ2v) is 7.46. The number of benzene rings is 1. The first kappa shape index (κ1) is 21.6. The third kappa shape index (κ3) is 7.16. The van der Waals surface area contributed by atoms with Gasteiger partial charge in [-0.15, -0.1) is 0 Å². The van der Waals surface area contributed by atoms with Crippen molar-refractivity contribution in [2.24, 2.45) is 4.40 Å². The van der Waals surface area contributed by atoms with Crippen molar-refractivity contribution in [2.75, 3.05) is 6.79 Å². The van der Waals surface area contributed by atoms with Crippen LogP contribution in [0.4, 0.5) is 0 Å². The van der Waals surface area contributed by atoms with Crippen molar-refractivity contribution in [3.8, 4) is 11.5 Å². The van der Waals surface area contributed by atoms with Crippen LogP contribution in [-0.2, 0) is 17.4 Å². The maximum absolute atomic E-state index is 11.9. The van der Waals surface area contributed by atoms with E-state index in [1.165, 1.54) is 0 Å². The average Bonchev–Trinajstić information content (AvgIpc) is 2.98. The molecule has 4 nitrogen and oxygen atoms in total.